The van der Waals surface area contributed by atoms with Gasteiger partial charge in [-0.25, -0.2) is 4.98 Å². The van der Waals surface area contributed by atoms with Gasteiger partial charge in [-0.1, -0.05) is 6.92 Å². The van der Waals surface area contributed by atoms with Gasteiger partial charge in [0.05, 0.1) is 19.8 Å². The summed E-state index contributed by atoms with van der Waals surface area (Å²) in [7, 11) is 0. The number of nitrogens with zero attached hydrogens (tertiary/aromatic N) is 2. The summed E-state index contributed by atoms with van der Waals surface area (Å²) in [6, 6.07) is 1.56. The van der Waals surface area contributed by atoms with Crippen LogP contribution < -0.4 is 4.74 Å². The molecule has 1 aromatic heterocycles. The highest BCUT2D eigenvalue weighted by molar-refractivity contribution is 6.00. The summed E-state index contributed by atoms with van der Waals surface area (Å²) < 4.78 is 15.1. The Labute approximate surface area is 123 Å². The molecule has 0 bridgehead atoms. The number of hydrogen-bond donors (Lipinski definition) is 0. The summed E-state index contributed by atoms with van der Waals surface area (Å²) >= 11 is 0. The van der Waals surface area contributed by atoms with Gasteiger partial charge < -0.3 is 14.2 Å². The summed E-state index contributed by atoms with van der Waals surface area (Å²) in [5.74, 6) is -2.44. The summed E-state index contributed by atoms with van der Waals surface area (Å²) in [5.41, 5.74) is 0. The molecule has 0 fully saturated rings. The fourth-order valence-electron chi connectivity index (χ4n) is 1.54. The number of aromatic nitrogens is 2. The van der Waals surface area contributed by atoms with E-state index in [1.54, 1.807) is 19.9 Å². The van der Waals surface area contributed by atoms with Gasteiger partial charge in [-0.2, -0.15) is 4.98 Å². The van der Waals surface area contributed by atoms with Crippen LogP contribution in [0.3, 0.4) is 0 Å². The maximum absolute atomic E-state index is 11.9. The summed E-state index contributed by atoms with van der Waals surface area (Å²) in [5, 5.41) is 0. The van der Waals surface area contributed by atoms with E-state index in [1.807, 2.05) is 6.92 Å². The molecule has 21 heavy (non-hydrogen) atoms. The zero-order valence-electron chi connectivity index (χ0n) is 12.5. The number of carbonyl (C=O) groups excluding carboxylic acids is 2. The standard InChI is InChI=1S/C14H20N2O5/c1-4-9-21-10-7-8-15-12(16-10)11(13(17)19-5-2)14(18)20-6-3/h7-8,11H,4-6,9H2,1-3H3. The number of hydrogen-bond acceptors (Lipinski definition) is 7. The van der Waals surface area contributed by atoms with Crippen LogP contribution in [0.15, 0.2) is 12.3 Å². The van der Waals surface area contributed by atoms with Gasteiger partial charge >= 0.3 is 11.9 Å². The van der Waals surface area contributed by atoms with Crippen molar-refractivity contribution < 1.29 is 23.8 Å². The fraction of sp³-hybridized carbons (Fsp3) is 0.571. The normalized spacial score (nSPS) is 10.3. The van der Waals surface area contributed by atoms with Gasteiger partial charge in [0.25, 0.3) is 0 Å². The molecule has 1 rings (SSSR count). The van der Waals surface area contributed by atoms with Crippen LogP contribution >= 0.6 is 0 Å². The molecular formula is C14H20N2O5. The third-order valence-electron chi connectivity index (χ3n) is 2.41. The van der Waals surface area contributed by atoms with E-state index in [1.165, 1.54) is 6.20 Å². The molecule has 116 valence electrons. The van der Waals surface area contributed by atoms with Crippen LogP contribution in [-0.2, 0) is 19.1 Å². The van der Waals surface area contributed by atoms with Crippen LogP contribution in [0.25, 0.3) is 0 Å². The van der Waals surface area contributed by atoms with E-state index >= 15 is 0 Å². The van der Waals surface area contributed by atoms with Crippen molar-refractivity contribution in [1.29, 1.82) is 0 Å². The minimum absolute atomic E-state index is 0.0144. The quantitative estimate of drug-likeness (QED) is 0.530. The smallest absolute Gasteiger partial charge is 0.328 e. The predicted octanol–water partition coefficient (Wildman–Crippen LogP) is 1.48. The lowest BCUT2D eigenvalue weighted by Crippen LogP contribution is -2.28. The molecule has 0 amide bonds. The predicted molar refractivity (Wildman–Crippen MR) is 73.8 cm³/mol. The number of carbonyl (C=O) groups is 2. The Hall–Kier alpha value is -2.18. The van der Waals surface area contributed by atoms with Gasteiger partial charge in [-0.3, -0.25) is 9.59 Å². The molecule has 0 saturated carbocycles. The molecule has 1 aromatic rings. The maximum atomic E-state index is 11.9. The van der Waals surface area contributed by atoms with Gasteiger partial charge in [0.2, 0.25) is 11.8 Å². The van der Waals surface area contributed by atoms with Crippen molar-refractivity contribution in [3.63, 3.8) is 0 Å². The lowest BCUT2D eigenvalue weighted by molar-refractivity contribution is -0.157. The van der Waals surface area contributed by atoms with Crippen molar-refractivity contribution in [2.75, 3.05) is 19.8 Å². The van der Waals surface area contributed by atoms with E-state index in [0.717, 1.165) is 6.42 Å². The first-order chi connectivity index (χ1) is 10.1. The Morgan fingerprint density at radius 2 is 1.76 bits per heavy atom. The van der Waals surface area contributed by atoms with Crippen LogP contribution in [0.2, 0.25) is 0 Å². The van der Waals surface area contributed by atoms with E-state index < -0.39 is 17.9 Å². The van der Waals surface area contributed by atoms with Crippen LogP contribution in [0.4, 0.5) is 0 Å². The average molecular weight is 296 g/mol. The number of esters is 2. The zero-order chi connectivity index (χ0) is 15.7. The monoisotopic (exact) mass is 296 g/mol. The highest BCUT2D eigenvalue weighted by Crippen LogP contribution is 2.18. The average Bonchev–Trinajstić information content (AvgIpc) is 2.46. The third-order valence-corrected chi connectivity index (χ3v) is 2.41. The van der Waals surface area contributed by atoms with Crippen molar-refractivity contribution in [2.45, 2.75) is 33.1 Å². The zero-order valence-corrected chi connectivity index (χ0v) is 12.5. The topological polar surface area (TPSA) is 87.6 Å². The molecule has 0 radical (unpaired) electrons. The highest BCUT2D eigenvalue weighted by atomic mass is 16.6. The van der Waals surface area contributed by atoms with Gasteiger partial charge in [-0.15, -0.1) is 0 Å². The largest absolute Gasteiger partial charge is 0.478 e. The molecule has 0 aliphatic rings. The van der Waals surface area contributed by atoms with Crippen molar-refractivity contribution >= 4 is 11.9 Å². The molecule has 0 spiro atoms. The second-order valence-electron chi connectivity index (χ2n) is 4.04. The molecule has 0 aliphatic carbocycles. The van der Waals surface area contributed by atoms with Crippen molar-refractivity contribution in [3.05, 3.63) is 18.1 Å². The van der Waals surface area contributed by atoms with E-state index in [2.05, 4.69) is 9.97 Å². The van der Waals surface area contributed by atoms with Gasteiger partial charge in [0.1, 0.15) is 0 Å². The summed E-state index contributed by atoms with van der Waals surface area (Å²) in [4.78, 5) is 31.9. The van der Waals surface area contributed by atoms with Gasteiger partial charge in [0.15, 0.2) is 5.82 Å². The first-order valence-electron chi connectivity index (χ1n) is 6.93. The Kier molecular flexibility index (Phi) is 7.14. The second-order valence-corrected chi connectivity index (χ2v) is 4.04. The second kappa shape index (κ2) is 8.89. The molecule has 0 saturated heterocycles. The fourth-order valence-corrected chi connectivity index (χ4v) is 1.54. The van der Waals surface area contributed by atoms with Crippen LogP contribution in [0.1, 0.15) is 38.9 Å². The first-order valence-corrected chi connectivity index (χ1v) is 6.93. The Morgan fingerprint density at radius 1 is 1.14 bits per heavy atom. The Bertz CT molecular complexity index is 460. The van der Waals surface area contributed by atoms with Crippen LogP contribution in [-0.4, -0.2) is 41.7 Å². The number of rotatable bonds is 8. The van der Waals surface area contributed by atoms with Gasteiger partial charge in [0, 0.05) is 12.3 Å². The lowest BCUT2D eigenvalue weighted by atomic mass is 10.1. The van der Waals surface area contributed by atoms with Crippen LogP contribution in [0, 0.1) is 0 Å². The third kappa shape index (κ3) is 5.02. The molecule has 0 aromatic carbocycles. The maximum Gasteiger partial charge on any atom is 0.328 e. The highest BCUT2D eigenvalue weighted by Gasteiger charge is 2.34. The first kappa shape index (κ1) is 16.9. The molecule has 7 nitrogen and oxygen atoms in total. The number of ether oxygens (including phenoxy) is 3. The molecular weight excluding hydrogens is 276 g/mol. The SMILES string of the molecule is CCCOc1ccnc(C(C(=O)OCC)C(=O)OCC)n1. The summed E-state index contributed by atoms with van der Waals surface area (Å²) in [6.45, 7) is 6.06. The molecule has 0 unspecified atom stereocenters. The van der Waals surface area contributed by atoms with Gasteiger partial charge in [-0.05, 0) is 20.3 Å². The van der Waals surface area contributed by atoms with Crippen molar-refractivity contribution in [1.82, 2.24) is 9.97 Å². The van der Waals surface area contributed by atoms with E-state index in [4.69, 9.17) is 14.2 Å². The molecule has 1 heterocycles. The lowest BCUT2D eigenvalue weighted by Gasteiger charge is -2.13. The minimum Gasteiger partial charge on any atom is -0.478 e. The molecule has 0 aliphatic heterocycles. The summed E-state index contributed by atoms with van der Waals surface area (Å²) in [6.07, 6.45) is 2.25. The molecule has 7 heteroatoms. The van der Waals surface area contributed by atoms with Crippen LogP contribution in [0.5, 0.6) is 5.88 Å². The van der Waals surface area contributed by atoms with Crippen molar-refractivity contribution in [2.24, 2.45) is 0 Å². The van der Waals surface area contributed by atoms with E-state index in [0.29, 0.717) is 12.5 Å². The Balaban J connectivity index is 3.01. The minimum atomic E-state index is -1.30. The Morgan fingerprint density at radius 3 is 2.29 bits per heavy atom. The van der Waals surface area contributed by atoms with Crippen molar-refractivity contribution in [3.8, 4) is 5.88 Å². The van der Waals surface area contributed by atoms with E-state index in [-0.39, 0.29) is 19.0 Å². The molecule has 0 N–H and O–H groups in total. The molecule has 0 atom stereocenters. The van der Waals surface area contributed by atoms with E-state index in [9.17, 15) is 9.59 Å².